The minimum Gasteiger partial charge on any atom is -0.357 e. The number of thioether (sulfide) groups is 1. The molecule has 0 aliphatic heterocycles. The van der Waals surface area contributed by atoms with Crippen LogP contribution in [0.4, 0.5) is 4.39 Å². The van der Waals surface area contributed by atoms with Crippen molar-refractivity contribution in [1.82, 2.24) is 10.2 Å². The molecule has 0 saturated carbocycles. The number of nitrogens with one attached hydrogen (secondary N) is 1. The van der Waals surface area contributed by atoms with Crippen LogP contribution in [-0.2, 0) is 28.3 Å². The molecule has 3 rings (SSSR count). The Morgan fingerprint density at radius 3 is 2.27 bits per heavy atom. The zero-order chi connectivity index (χ0) is 23.6. The molecule has 0 radical (unpaired) electrons. The second kappa shape index (κ2) is 12.2. The van der Waals surface area contributed by atoms with Crippen molar-refractivity contribution in [3.8, 4) is 0 Å². The van der Waals surface area contributed by atoms with E-state index >= 15 is 0 Å². The first-order chi connectivity index (χ1) is 16.0. The number of hydrogen-bond donors (Lipinski definition) is 1. The first-order valence-corrected chi connectivity index (χ1v) is 12.0. The maximum atomic E-state index is 14.0. The Bertz CT molecular complexity index is 1060. The quantitative estimate of drug-likeness (QED) is 0.471. The van der Waals surface area contributed by atoms with Crippen molar-refractivity contribution in [1.29, 1.82) is 0 Å². The summed E-state index contributed by atoms with van der Waals surface area (Å²) < 4.78 is 14.0. The third-order valence-corrected chi connectivity index (χ3v) is 6.40. The summed E-state index contributed by atoms with van der Waals surface area (Å²) in [5.41, 5.74) is 3.62. The van der Waals surface area contributed by atoms with Gasteiger partial charge in [-0.1, -0.05) is 78.4 Å². The van der Waals surface area contributed by atoms with Gasteiger partial charge in [0.15, 0.2) is 0 Å². The van der Waals surface area contributed by atoms with Crippen LogP contribution in [0.5, 0.6) is 0 Å². The van der Waals surface area contributed by atoms with Gasteiger partial charge in [0.2, 0.25) is 11.8 Å². The van der Waals surface area contributed by atoms with Gasteiger partial charge in [-0.15, -0.1) is 11.8 Å². The zero-order valence-corrected chi connectivity index (χ0v) is 19.8. The summed E-state index contributed by atoms with van der Waals surface area (Å²) in [6, 6.07) is 23.6. The minimum absolute atomic E-state index is 0.151. The van der Waals surface area contributed by atoms with Gasteiger partial charge in [-0.05, 0) is 29.7 Å². The number of nitrogens with zero attached hydrogens (tertiary/aromatic N) is 1. The number of aryl methyl sites for hydroxylation is 1. The molecule has 3 aromatic rings. The maximum Gasteiger partial charge on any atom is 0.242 e. The van der Waals surface area contributed by atoms with E-state index in [0.29, 0.717) is 24.3 Å². The molecular formula is C27H29FN2O2S. The normalized spacial score (nSPS) is 11.6. The van der Waals surface area contributed by atoms with Crippen LogP contribution < -0.4 is 5.32 Å². The standard InChI is InChI=1S/C27H29FN2O2S/c1-20-12-14-22(15-13-20)17-30(25(27(32)29-2)16-21-8-4-3-5-9-21)26(31)19-33-18-23-10-6-7-11-24(23)28/h3-15,25H,16-19H2,1-2H3,(H,29,32)/t25-/m0/s1. The number of likely N-dealkylation sites (N-methyl/N-ethyl adjacent to an activating group) is 1. The van der Waals surface area contributed by atoms with Gasteiger partial charge in [0.1, 0.15) is 11.9 Å². The molecule has 0 aliphatic rings. The summed E-state index contributed by atoms with van der Waals surface area (Å²) in [6.45, 7) is 2.33. The van der Waals surface area contributed by atoms with Gasteiger partial charge in [0.25, 0.3) is 0 Å². The zero-order valence-electron chi connectivity index (χ0n) is 19.0. The van der Waals surface area contributed by atoms with E-state index in [9.17, 15) is 14.0 Å². The van der Waals surface area contributed by atoms with Gasteiger partial charge < -0.3 is 10.2 Å². The first-order valence-electron chi connectivity index (χ1n) is 10.9. The molecule has 0 saturated heterocycles. The second-order valence-corrected chi connectivity index (χ2v) is 8.90. The molecule has 2 amide bonds. The molecule has 1 atom stereocenters. The lowest BCUT2D eigenvalue weighted by molar-refractivity contribution is -0.139. The van der Waals surface area contributed by atoms with Crippen LogP contribution in [-0.4, -0.2) is 35.6 Å². The van der Waals surface area contributed by atoms with E-state index in [1.807, 2.05) is 61.5 Å². The van der Waals surface area contributed by atoms with Crippen molar-refractivity contribution in [3.63, 3.8) is 0 Å². The summed E-state index contributed by atoms with van der Waals surface area (Å²) in [7, 11) is 1.59. The monoisotopic (exact) mass is 464 g/mol. The average molecular weight is 465 g/mol. The van der Waals surface area contributed by atoms with Gasteiger partial charge in [0.05, 0.1) is 5.75 Å². The topological polar surface area (TPSA) is 49.4 Å². The Hall–Kier alpha value is -3.12. The van der Waals surface area contributed by atoms with Gasteiger partial charge in [0, 0.05) is 25.8 Å². The fraction of sp³-hybridized carbons (Fsp3) is 0.259. The highest BCUT2D eigenvalue weighted by Gasteiger charge is 2.29. The summed E-state index contributed by atoms with van der Waals surface area (Å²) in [5, 5.41) is 2.72. The highest BCUT2D eigenvalue weighted by molar-refractivity contribution is 7.99. The van der Waals surface area contributed by atoms with Gasteiger partial charge in [-0.2, -0.15) is 0 Å². The predicted octanol–water partition coefficient (Wildman–Crippen LogP) is 4.75. The third-order valence-electron chi connectivity index (χ3n) is 5.43. The SMILES string of the molecule is CNC(=O)[C@H](Cc1ccccc1)N(Cc1ccc(C)cc1)C(=O)CSCc1ccccc1F. The van der Waals surface area contributed by atoms with Crippen LogP contribution in [0.3, 0.4) is 0 Å². The molecule has 3 aromatic carbocycles. The molecule has 0 aromatic heterocycles. The van der Waals surface area contributed by atoms with E-state index in [4.69, 9.17) is 0 Å². The first kappa shape index (κ1) is 24.5. The molecule has 172 valence electrons. The highest BCUT2D eigenvalue weighted by Crippen LogP contribution is 2.19. The van der Waals surface area contributed by atoms with Crippen molar-refractivity contribution >= 4 is 23.6 Å². The lowest BCUT2D eigenvalue weighted by atomic mass is 10.0. The van der Waals surface area contributed by atoms with Gasteiger partial charge >= 0.3 is 0 Å². The fourth-order valence-electron chi connectivity index (χ4n) is 3.56. The number of carbonyl (C=O) groups excluding carboxylic acids is 2. The molecule has 0 bridgehead atoms. The average Bonchev–Trinajstić information content (AvgIpc) is 2.83. The largest absolute Gasteiger partial charge is 0.357 e. The molecule has 0 heterocycles. The van der Waals surface area contributed by atoms with Crippen molar-refractivity contribution in [2.45, 2.75) is 31.7 Å². The molecule has 0 unspecified atom stereocenters. The summed E-state index contributed by atoms with van der Waals surface area (Å²) in [6.07, 6.45) is 0.413. The van der Waals surface area contributed by atoms with Crippen LogP contribution >= 0.6 is 11.8 Å². The predicted molar refractivity (Wildman–Crippen MR) is 132 cm³/mol. The van der Waals surface area contributed by atoms with Crippen LogP contribution in [0.15, 0.2) is 78.9 Å². The summed E-state index contributed by atoms with van der Waals surface area (Å²) in [5.74, 6) is -0.0936. The van der Waals surface area contributed by atoms with Crippen molar-refractivity contribution in [2.75, 3.05) is 12.8 Å². The van der Waals surface area contributed by atoms with Crippen molar-refractivity contribution in [3.05, 3.63) is 107 Å². The molecule has 0 spiro atoms. The van der Waals surface area contributed by atoms with Crippen molar-refractivity contribution < 1.29 is 14.0 Å². The molecule has 6 heteroatoms. The molecular weight excluding hydrogens is 435 g/mol. The van der Waals surface area contributed by atoms with E-state index in [-0.39, 0.29) is 23.4 Å². The van der Waals surface area contributed by atoms with Crippen molar-refractivity contribution in [2.24, 2.45) is 0 Å². The van der Waals surface area contributed by atoms with Crippen LogP contribution in [0.1, 0.15) is 22.3 Å². The van der Waals surface area contributed by atoms with Crippen LogP contribution in [0, 0.1) is 12.7 Å². The highest BCUT2D eigenvalue weighted by atomic mass is 32.2. The van der Waals surface area contributed by atoms with Gasteiger partial charge in [-0.3, -0.25) is 9.59 Å². The number of benzene rings is 3. The summed E-state index contributed by atoms with van der Waals surface area (Å²) >= 11 is 1.35. The Labute approximate surface area is 199 Å². The molecule has 0 fully saturated rings. The Morgan fingerprint density at radius 2 is 1.61 bits per heavy atom. The lowest BCUT2D eigenvalue weighted by Gasteiger charge is -2.31. The van der Waals surface area contributed by atoms with Crippen LogP contribution in [0.2, 0.25) is 0 Å². The third kappa shape index (κ3) is 7.19. The van der Waals surface area contributed by atoms with Crippen LogP contribution in [0.25, 0.3) is 0 Å². The number of carbonyl (C=O) groups is 2. The summed E-state index contributed by atoms with van der Waals surface area (Å²) in [4.78, 5) is 27.9. The van der Waals surface area contributed by atoms with E-state index in [2.05, 4.69) is 5.32 Å². The van der Waals surface area contributed by atoms with E-state index in [1.165, 1.54) is 17.8 Å². The Morgan fingerprint density at radius 1 is 0.939 bits per heavy atom. The van der Waals surface area contributed by atoms with Gasteiger partial charge in [-0.25, -0.2) is 4.39 Å². The fourth-order valence-corrected chi connectivity index (χ4v) is 4.45. The Balaban J connectivity index is 1.80. The number of amides is 2. The number of halogens is 1. The number of rotatable bonds is 10. The molecule has 0 aliphatic carbocycles. The van der Waals surface area contributed by atoms with E-state index in [1.54, 1.807) is 30.1 Å². The van der Waals surface area contributed by atoms with E-state index in [0.717, 1.165) is 16.7 Å². The second-order valence-electron chi connectivity index (χ2n) is 7.91. The minimum atomic E-state index is -0.653. The molecule has 4 nitrogen and oxygen atoms in total. The van der Waals surface area contributed by atoms with E-state index < -0.39 is 6.04 Å². The molecule has 33 heavy (non-hydrogen) atoms. The lowest BCUT2D eigenvalue weighted by Crippen LogP contribution is -2.50. The Kier molecular flexibility index (Phi) is 9.07. The number of hydrogen-bond acceptors (Lipinski definition) is 3. The maximum absolute atomic E-state index is 14.0. The molecule has 1 N–H and O–H groups in total. The smallest absolute Gasteiger partial charge is 0.242 e.